The first kappa shape index (κ1) is 17.2. The molecule has 1 nitrogen and oxygen atoms in total. The molecule has 114 valence electrons. The van der Waals surface area contributed by atoms with Crippen LogP contribution in [0.2, 0.25) is 0 Å². The largest absolute Gasteiger partial charge is 0.330 e. The minimum absolute atomic E-state index is 0.144. The van der Waals surface area contributed by atoms with Crippen LogP contribution in [0.1, 0.15) is 63.9 Å². The molecule has 0 saturated heterocycles. The lowest BCUT2D eigenvalue weighted by Gasteiger charge is -2.14. The zero-order valence-electron chi connectivity index (χ0n) is 12.9. The van der Waals surface area contributed by atoms with Gasteiger partial charge in [-0.3, -0.25) is 0 Å². The molecule has 0 bridgehead atoms. The summed E-state index contributed by atoms with van der Waals surface area (Å²) in [6.07, 6.45) is 11.4. The van der Waals surface area contributed by atoms with Crippen LogP contribution in [0, 0.1) is 11.7 Å². The van der Waals surface area contributed by atoms with Gasteiger partial charge in [0.2, 0.25) is 0 Å². The second kappa shape index (κ2) is 10.8. The Bertz CT molecular complexity index is 351. The quantitative estimate of drug-likeness (QED) is 0.561. The van der Waals surface area contributed by atoms with Gasteiger partial charge in [-0.05, 0) is 43.0 Å². The molecule has 1 atom stereocenters. The van der Waals surface area contributed by atoms with Gasteiger partial charge in [-0.2, -0.15) is 0 Å². The van der Waals surface area contributed by atoms with Crippen molar-refractivity contribution in [1.82, 2.24) is 0 Å². The highest BCUT2D eigenvalue weighted by Gasteiger charge is 2.08. The number of halogens is 1. The average molecular weight is 279 g/mol. The number of benzene rings is 1. The van der Waals surface area contributed by atoms with Crippen molar-refractivity contribution in [3.05, 3.63) is 35.6 Å². The van der Waals surface area contributed by atoms with Gasteiger partial charge in [0.1, 0.15) is 5.82 Å². The third-order valence-electron chi connectivity index (χ3n) is 3.96. The molecule has 1 aromatic rings. The van der Waals surface area contributed by atoms with E-state index in [1.165, 1.54) is 57.4 Å². The predicted octanol–water partition coefficient (Wildman–Crippen LogP) is 5.08. The molecule has 0 aliphatic rings. The molecule has 1 aromatic carbocycles. The molecule has 20 heavy (non-hydrogen) atoms. The predicted molar refractivity (Wildman–Crippen MR) is 85.3 cm³/mol. The van der Waals surface area contributed by atoms with Gasteiger partial charge in [0.15, 0.2) is 0 Å². The molecule has 2 N–H and O–H groups in total. The zero-order valence-corrected chi connectivity index (χ0v) is 12.9. The van der Waals surface area contributed by atoms with Crippen molar-refractivity contribution in [2.75, 3.05) is 6.54 Å². The minimum atomic E-state index is -0.144. The lowest BCUT2D eigenvalue weighted by Crippen LogP contribution is -2.17. The fourth-order valence-corrected chi connectivity index (χ4v) is 2.69. The number of rotatable bonds is 11. The SMILES string of the molecule is CCCCCCCCCC(CN)Cc1cccc(F)c1. The van der Waals surface area contributed by atoms with Crippen LogP contribution in [0.3, 0.4) is 0 Å². The second-order valence-electron chi connectivity index (χ2n) is 5.85. The van der Waals surface area contributed by atoms with E-state index in [0.29, 0.717) is 12.5 Å². The van der Waals surface area contributed by atoms with Crippen molar-refractivity contribution in [2.24, 2.45) is 11.7 Å². The molecule has 0 aliphatic carbocycles. The summed E-state index contributed by atoms with van der Waals surface area (Å²) >= 11 is 0. The second-order valence-corrected chi connectivity index (χ2v) is 5.85. The van der Waals surface area contributed by atoms with Crippen LogP contribution in [0.4, 0.5) is 4.39 Å². The lowest BCUT2D eigenvalue weighted by atomic mass is 9.93. The first-order valence-electron chi connectivity index (χ1n) is 8.20. The van der Waals surface area contributed by atoms with Gasteiger partial charge in [0.05, 0.1) is 0 Å². The summed E-state index contributed by atoms with van der Waals surface area (Å²) in [6.45, 7) is 2.95. The summed E-state index contributed by atoms with van der Waals surface area (Å²) in [5.41, 5.74) is 6.92. The maximum absolute atomic E-state index is 13.1. The maximum atomic E-state index is 13.1. The summed E-state index contributed by atoms with van der Waals surface area (Å²) in [5.74, 6) is 0.349. The van der Waals surface area contributed by atoms with Gasteiger partial charge in [0, 0.05) is 0 Å². The van der Waals surface area contributed by atoms with E-state index < -0.39 is 0 Å². The van der Waals surface area contributed by atoms with Gasteiger partial charge in [-0.1, -0.05) is 64.0 Å². The van der Waals surface area contributed by atoms with E-state index in [1.807, 2.05) is 6.07 Å². The van der Waals surface area contributed by atoms with E-state index in [-0.39, 0.29) is 5.82 Å². The van der Waals surface area contributed by atoms with Crippen LogP contribution in [0.15, 0.2) is 24.3 Å². The Labute approximate surface area is 123 Å². The van der Waals surface area contributed by atoms with E-state index in [4.69, 9.17) is 5.73 Å². The summed E-state index contributed by atoms with van der Waals surface area (Å²) in [5, 5.41) is 0. The van der Waals surface area contributed by atoms with E-state index in [0.717, 1.165) is 12.0 Å². The van der Waals surface area contributed by atoms with Crippen molar-refractivity contribution in [1.29, 1.82) is 0 Å². The van der Waals surface area contributed by atoms with Gasteiger partial charge in [-0.25, -0.2) is 4.39 Å². The summed E-state index contributed by atoms with van der Waals surface area (Å²) in [7, 11) is 0. The Hall–Kier alpha value is -0.890. The standard InChI is InChI=1S/C18H30FN/c1-2-3-4-5-6-7-8-10-17(15-20)13-16-11-9-12-18(19)14-16/h9,11-12,14,17H,2-8,10,13,15,20H2,1H3. The summed E-state index contributed by atoms with van der Waals surface area (Å²) in [6, 6.07) is 6.91. The molecule has 0 radical (unpaired) electrons. The Morgan fingerprint density at radius 1 is 1.05 bits per heavy atom. The van der Waals surface area contributed by atoms with Gasteiger partial charge in [-0.15, -0.1) is 0 Å². The molecule has 1 unspecified atom stereocenters. The normalized spacial score (nSPS) is 12.6. The zero-order chi connectivity index (χ0) is 14.6. The highest BCUT2D eigenvalue weighted by molar-refractivity contribution is 5.16. The molecule has 0 aromatic heterocycles. The number of unbranched alkanes of at least 4 members (excludes halogenated alkanes) is 6. The fraction of sp³-hybridized carbons (Fsp3) is 0.667. The first-order chi connectivity index (χ1) is 9.76. The molecule has 0 fully saturated rings. The molecule has 2 heteroatoms. The Balaban J connectivity index is 2.16. The van der Waals surface area contributed by atoms with Crippen LogP contribution >= 0.6 is 0 Å². The minimum Gasteiger partial charge on any atom is -0.330 e. The van der Waals surface area contributed by atoms with E-state index >= 15 is 0 Å². The monoisotopic (exact) mass is 279 g/mol. The van der Waals surface area contributed by atoms with Crippen molar-refractivity contribution in [3.63, 3.8) is 0 Å². The smallest absolute Gasteiger partial charge is 0.123 e. The lowest BCUT2D eigenvalue weighted by molar-refractivity contribution is 0.454. The number of hydrogen-bond acceptors (Lipinski definition) is 1. The maximum Gasteiger partial charge on any atom is 0.123 e. The molecule has 0 heterocycles. The van der Waals surface area contributed by atoms with Crippen molar-refractivity contribution in [3.8, 4) is 0 Å². The molecule has 0 aliphatic heterocycles. The van der Waals surface area contributed by atoms with Gasteiger partial charge in [0.25, 0.3) is 0 Å². The molecule has 0 saturated carbocycles. The highest BCUT2D eigenvalue weighted by Crippen LogP contribution is 2.17. The third-order valence-corrected chi connectivity index (χ3v) is 3.96. The Kier molecular flexibility index (Phi) is 9.31. The molecule has 0 spiro atoms. The molecule has 0 amide bonds. The summed E-state index contributed by atoms with van der Waals surface area (Å²) in [4.78, 5) is 0. The van der Waals surface area contributed by atoms with Crippen molar-refractivity contribution >= 4 is 0 Å². The topological polar surface area (TPSA) is 26.0 Å². The van der Waals surface area contributed by atoms with Crippen LogP contribution in [0.5, 0.6) is 0 Å². The number of hydrogen-bond donors (Lipinski definition) is 1. The third kappa shape index (κ3) is 7.64. The van der Waals surface area contributed by atoms with Gasteiger partial charge < -0.3 is 5.73 Å². The van der Waals surface area contributed by atoms with Gasteiger partial charge >= 0.3 is 0 Å². The van der Waals surface area contributed by atoms with Crippen LogP contribution in [-0.2, 0) is 6.42 Å². The fourth-order valence-electron chi connectivity index (χ4n) is 2.69. The Morgan fingerprint density at radius 2 is 1.75 bits per heavy atom. The average Bonchev–Trinajstić information content (AvgIpc) is 2.45. The van der Waals surface area contributed by atoms with Crippen LogP contribution in [-0.4, -0.2) is 6.54 Å². The first-order valence-corrected chi connectivity index (χ1v) is 8.20. The molecular formula is C18H30FN. The molecular weight excluding hydrogens is 249 g/mol. The van der Waals surface area contributed by atoms with Crippen molar-refractivity contribution in [2.45, 2.75) is 64.7 Å². The van der Waals surface area contributed by atoms with Crippen LogP contribution in [0.25, 0.3) is 0 Å². The number of nitrogens with two attached hydrogens (primary N) is 1. The summed E-state index contributed by atoms with van der Waals surface area (Å²) < 4.78 is 13.1. The molecule has 1 rings (SSSR count). The van der Waals surface area contributed by atoms with Crippen LogP contribution < -0.4 is 5.73 Å². The van der Waals surface area contributed by atoms with E-state index in [1.54, 1.807) is 12.1 Å². The Morgan fingerprint density at radius 3 is 2.40 bits per heavy atom. The highest BCUT2D eigenvalue weighted by atomic mass is 19.1. The van der Waals surface area contributed by atoms with E-state index in [2.05, 4.69) is 6.92 Å². The van der Waals surface area contributed by atoms with E-state index in [9.17, 15) is 4.39 Å². The van der Waals surface area contributed by atoms with Crippen molar-refractivity contribution < 1.29 is 4.39 Å².